The van der Waals surface area contributed by atoms with Crippen LogP contribution in [0.2, 0.25) is 0 Å². The second kappa shape index (κ2) is 15.9. The Bertz CT molecular complexity index is 2620. The third kappa shape index (κ3) is 7.92. The van der Waals surface area contributed by atoms with E-state index >= 15 is 4.39 Å². The number of benzene rings is 3. The smallest absolute Gasteiger partial charge is 0.254 e. The van der Waals surface area contributed by atoms with Gasteiger partial charge in [0, 0.05) is 109 Å². The van der Waals surface area contributed by atoms with Crippen LogP contribution >= 0.6 is 0 Å². The molecule has 13 nitrogen and oxygen atoms in total. The summed E-state index contributed by atoms with van der Waals surface area (Å²) in [6.45, 7) is 15.3. The van der Waals surface area contributed by atoms with Gasteiger partial charge >= 0.3 is 0 Å². The number of amides is 3. The lowest BCUT2D eigenvalue weighted by Crippen LogP contribution is -2.65. The number of piperidine rings is 1. The number of nitrogen functional groups attached to an aromatic ring is 1. The molecular formula is C49H54FN7O6. The molecule has 3 amide bonds. The summed E-state index contributed by atoms with van der Waals surface area (Å²) in [5, 5.41) is 5.49. The summed E-state index contributed by atoms with van der Waals surface area (Å²) in [4.78, 5) is 71.1. The number of nitrogens with two attached hydrogens (primary N) is 1. The van der Waals surface area contributed by atoms with Gasteiger partial charge in [0.2, 0.25) is 23.2 Å². The lowest BCUT2D eigenvalue weighted by molar-refractivity contribution is -0.195. The Kier molecular flexibility index (Phi) is 10.6. The van der Waals surface area contributed by atoms with Crippen LogP contribution in [0.4, 0.5) is 21.5 Å². The van der Waals surface area contributed by atoms with Gasteiger partial charge in [0.25, 0.3) is 5.91 Å². The van der Waals surface area contributed by atoms with Crippen molar-refractivity contribution < 1.29 is 28.3 Å². The van der Waals surface area contributed by atoms with E-state index in [0.29, 0.717) is 34.9 Å². The topological polar surface area (TPSA) is 170 Å². The monoisotopic (exact) mass is 855 g/mol. The molecule has 0 radical (unpaired) electrons. The maximum Gasteiger partial charge on any atom is 0.254 e. The number of aromatic nitrogens is 1. The highest BCUT2D eigenvalue weighted by atomic mass is 19.1. The maximum absolute atomic E-state index is 15.0. The molecule has 63 heavy (non-hydrogen) atoms. The van der Waals surface area contributed by atoms with Crippen molar-refractivity contribution in [2.45, 2.75) is 65.5 Å². The highest BCUT2D eigenvalue weighted by Gasteiger charge is 2.63. The third-order valence-corrected chi connectivity index (χ3v) is 14.4. The summed E-state index contributed by atoms with van der Waals surface area (Å²) in [6.07, 6.45) is 1.88. The van der Waals surface area contributed by atoms with Crippen LogP contribution in [-0.2, 0) is 9.59 Å². The van der Waals surface area contributed by atoms with Crippen molar-refractivity contribution in [1.29, 1.82) is 0 Å². The summed E-state index contributed by atoms with van der Waals surface area (Å²) in [5.41, 5.74) is 9.09. The first-order chi connectivity index (χ1) is 30.0. The SMILES string of the molecule is CC1(C)C(CC#CC(=O)c2ccc(N3CCC4(CN(CC5CN(c6ccc(C(=O)N[C@H]7CCC(=O)NC7=O)c(F)c6)C5)C4)C3)cc2)C(C)(C)C1Oc1ccc(N)c2[nH]c(=O)ccc12. The van der Waals surface area contributed by atoms with Crippen LogP contribution < -0.4 is 36.5 Å². The Morgan fingerprint density at radius 3 is 2.37 bits per heavy atom. The number of aromatic amines is 1. The number of halogens is 1. The van der Waals surface area contributed by atoms with Gasteiger partial charge < -0.3 is 35.5 Å². The minimum Gasteiger partial charge on any atom is -0.489 e. The number of imide groups is 1. The molecule has 9 rings (SSSR count). The highest BCUT2D eigenvalue weighted by molar-refractivity contribution is 6.09. The molecule has 1 spiro atoms. The molecule has 328 valence electrons. The van der Waals surface area contributed by atoms with Crippen LogP contribution in [0.15, 0.2) is 71.5 Å². The number of rotatable bonds is 10. The van der Waals surface area contributed by atoms with E-state index in [-0.39, 0.29) is 63.9 Å². The molecule has 0 bridgehead atoms. The van der Waals surface area contributed by atoms with Gasteiger partial charge in [-0.25, -0.2) is 4.39 Å². The molecule has 1 aromatic heterocycles. The molecule has 5 heterocycles. The zero-order valence-corrected chi connectivity index (χ0v) is 36.2. The van der Waals surface area contributed by atoms with Gasteiger partial charge in [-0.2, -0.15) is 0 Å². The number of carbonyl (C=O) groups is 4. The zero-order valence-electron chi connectivity index (χ0n) is 36.2. The summed E-state index contributed by atoms with van der Waals surface area (Å²) >= 11 is 0. The summed E-state index contributed by atoms with van der Waals surface area (Å²) in [6, 6.07) is 18.4. The average Bonchev–Trinajstić information content (AvgIpc) is 3.67. The summed E-state index contributed by atoms with van der Waals surface area (Å²) < 4.78 is 21.7. The molecule has 4 aliphatic heterocycles. The molecule has 1 atom stereocenters. The van der Waals surface area contributed by atoms with Crippen LogP contribution in [0.1, 0.15) is 74.1 Å². The predicted molar refractivity (Wildman–Crippen MR) is 239 cm³/mol. The van der Waals surface area contributed by atoms with E-state index in [1.165, 1.54) is 18.2 Å². The molecule has 5 aliphatic rings. The largest absolute Gasteiger partial charge is 0.489 e. The average molecular weight is 856 g/mol. The molecule has 14 heteroatoms. The zero-order chi connectivity index (χ0) is 44.4. The maximum atomic E-state index is 15.0. The Balaban J connectivity index is 0.716. The van der Waals surface area contributed by atoms with Gasteiger partial charge in [-0.15, -0.1) is 0 Å². The number of ketones is 1. The Labute approximate surface area is 365 Å². The quantitative estimate of drug-likeness (QED) is 0.0551. The number of Topliss-reactive ketones (excluding diaryl/α,β-unsaturated/α-hetero) is 1. The number of carbonyl (C=O) groups excluding carboxylic acids is 4. The number of anilines is 3. The molecule has 1 saturated carbocycles. The first-order valence-electron chi connectivity index (χ1n) is 21.9. The predicted octanol–water partition coefficient (Wildman–Crippen LogP) is 5.14. The normalized spacial score (nSPS) is 23.5. The molecule has 4 saturated heterocycles. The van der Waals surface area contributed by atoms with E-state index in [4.69, 9.17) is 10.5 Å². The van der Waals surface area contributed by atoms with Crippen LogP contribution in [-0.4, -0.2) is 91.3 Å². The van der Waals surface area contributed by atoms with Gasteiger partial charge in [-0.05, 0) is 85.3 Å². The van der Waals surface area contributed by atoms with Gasteiger partial charge in [-0.1, -0.05) is 33.6 Å². The van der Waals surface area contributed by atoms with Gasteiger partial charge in [0.1, 0.15) is 23.7 Å². The summed E-state index contributed by atoms with van der Waals surface area (Å²) in [5.74, 6) is 4.98. The van der Waals surface area contributed by atoms with E-state index in [9.17, 15) is 24.0 Å². The lowest BCUT2D eigenvalue weighted by atomic mass is 9.45. The molecule has 5 N–H and O–H groups in total. The number of hydrogen-bond acceptors (Lipinski definition) is 10. The summed E-state index contributed by atoms with van der Waals surface area (Å²) in [7, 11) is 0. The number of pyridine rings is 1. The second-order valence-electron chi connectivity index (χ2n) is 19.6. The minimum atomic E-state index is -0.863. The van der Waals surface area contributed by atoms with Crippen LogP contribution in [0.5, 0.6) is 5.75 Å². The van der Waals surface area contributed by atoms with Gasteiger partial charge in [-0.3, -0.25) is 29.3 Å². The number of hydrogen-bond donors (Lipinski definition) is 4. The molecule has 3 aromatic carbocycles. The van der Waals surface area contributed by atoms with E-state index in [2.05, 4.69) is 69.9 Å². The van der Waals surface area contributed by atoms with Crippen molar-refractivity contribution in [1.82, 2.24) is 20.5 Å². The number of nitrogens with one attached hydrogen (secondary N) is 3. The second-order valence-corrected chi connectivity index (χ2v) is 19.6. The fourth-order valence-electron chi connectivity index (χ4n) is 11.3. The fraction of sp³-hybridized carbons (Fsp3) is 0.449. The lowest BCUT2D eigenvalue weighted by Gasteiger charge is -2.63. The van der Waals surface area contributed by atoms with Crippen molar-refractivity contribution in [3.05, 3.63) is 94.0 Å². The van der Waals surface area contributed by atoms with Crippen molar-refractivity contribution in [3.63, 3.8) is 0 Å². The number of likely N-dealkylation sites (tertiary alicyclic amines) is 1. The highest BCUT2D eigenvalue weighted by Crippen LogP contribution is 2.61. The van der Waals surface area contributed by atoms with Crippen LogP contribution in [0, 0.1) is 45.7 Å². The first-order valence-corrected chi connectivity index (χ1v) is 21.9. The van der Waals surface area contributed by atoms with E-state index < -0.39 is 23.7 Å². The third-order valence-electron chi connectivity index (χ3n) is 14.4. The Morgan fingerprint density at radius 1 is 0.921 bits per heavy atom. The fourth-order valence-corrected chi connectivity index (χ4v) is 11.3. The Hall–Kier alpha value is -6.20. The Morgan fingerprint density at radius 2 is 1.65 bits per heavy atom. The van der Waals surface area contributed by atoms with E-state index in [0.717, 1.165) is 69.0 Å². The van der Waals surface area contributed by atoms with Gasteiger partial charge in [0.15, 0.2) is 0 Å². The van der Waals surface area contributed by atoms with Crippen molar-refractivity contribution >= 4 is 51.5 Å². The molecule has 4 aromatic rings. The van der Waals surface area contributed by atoms with Crippen molar-refractivity contribution in [2.24, 2.45) is 28.1 Å². The van der Waals surface area contributed by atoms with Gasteiger partial charge in [0.05, 0.1) is 16.8 Å². The number of fused-ring (bicyclic) bond motifs is 1. The van der Waals surface area contributed by atoms with Crippen molar-refractivity contribution in [2.75, 3.05) is 61.3 Å². The van der Waals surface area contributed by atoms with E-state index in [1.807, 2.05) is 30.3 Å². The van der Waals surface area contributed by atoms with Crippen molar-refractivity contribution in [3.8, 4) is 17.6 Å². The van der Waals surface area contributed by atoms with Crippen LogP contribution in [0.3, 0.4) is 0 Å². The molecule has 0 unspecified atom stereocenters. The molecular weight excluding hydrogens is 802 g/mol. The minimum absolute atomic E-state index is 0.119. The van der Waals surface area contributed by atoms with E-state index in [1.54, 1.807) is 18.2 Å². The number of nitrogens with zero attached hydrogens (tertiary/aromatic N) is 3. The standard InChI is InChI=1S/C49H54FN7O6/c1-47(2)40(48(3,4)46(47)63-39-17-15-36(51)43-34(39)14-18-41(59)53-43)7-5-6-38(58)30-8-10-31(11-9-30)56-21-20-49(28-56)26-55(27-49)23-29-24-57(25-29)32-12-13-33(35(50)22-32)44(61)52-37-16-19-42(60)54-45(37)62/h8-15,17-18,22,29,37,40,46H,7,16,19-21,23-28,51H2,1-4H3,(H,52,61)(H,53,59)(H,54,60,62)/t37-,40?,46?/m0/s1. The first kappa shape index (κ1) is 42.1. The van der Waals surface area contributed by atoms with Crippen LogP contribution in [0.25, 0.3) is 10.9 Å². The number of ether oxygens (including phenoxy) is 1. The molecule has 5 fully saturated rings. The molecule has 1 aliphatic carbocycles. The number of H-pyrrole nitrogens is 1.